The van der Waals surface area contributed by atoms with E-state index in [4.69, 9.17) is 0 Å². The minimum absolute atomic E-state index is 0.394. The molecule has 16 heavy (non-hydrogen) atoms. The van der Waals surface area contributed by atoms with Gasteiger partial charge in [0, 0.05) is 12.1 Å². The molecule has 1 aliphatic carbocycles. The second-order valence-electron chi connectivity index (χ2n) is 4.86. The number of phenols is 1. The average Bonchev–Trinajstić information content (AvgIpc) is 2.69. The van der Waals surface area contributed by atoms with Crippen LogP contribution in [0.15, 0.2) is 18.2 Å². The van der Waals surface area contributed by atoms with Gasteiger partial charge in [-0.2, -0.15) is 0 Å². The highest BCUT2D eigenvalue weighted by molar-refractivity contribution is 5.40. The van der Waals surface area contributed by atoms with E-state index in [0.29, 0.717) is 17.8 Å². The number of fused-ring (bicyclic) bond motifs is 1. The summed E-state index contributed by atoms with van der Waals surface area (Å²) in [5, 5.41) is 9.46. The highest BCUT2D eigenvalue weighted by Crippen LogP contribution is 2.37. The fourth-order valence-corrected chi connectivity index (χ4v) is 2.60. The lowest BCUT2D eigenvalue weighted by Crippen LogP contribution is -2.31. The van der Waals surface area contributed by atoms with Gasteiger partial charge in [0.25, 0.3) is 0 Å². The summed E-state index contributed by atoms with van der Waals surface area (Å²) in [5.74, 6) is 0.394. The monoisotopic (exact) mass is 219 g/mol. The first kappa shape index (κ1) is 11.5. The maximum Gasteiger partial charge on any atom is 0.115 e. The van der Waals surface area contributed by atoms with Crippen molar-refractivity contribution < 1.29 is 5.11 Å². The Labute approximate surface area is 97.9 Å². The normalized spacial score (nSPS) is 21.1. The molecule has 0 aromatic heterocycles. The lowest BCUT2D eigenvalue weighted by atomic mass is 10.0. The summed E-state index contributed by atoms with van der Waals surface area (Å²) in [6, 6.07) is 6.96. The van der Waals surface area contributed by atoms with E-state index in [2.05, 4.69) is 31.9 Å². The van der Waals surface area contributed by atoms with Gasteiger partial charge in [-0.25, -0.2) is 0 Å². The number of phenolic OH excluding ortho intramolecular Hbond substituents is 1. The second-order valence-corrected chi connectivity index (χ2v) is 4.86. The zero-order valence-electron chi connectivity index (χ0n) is 10.4. The fourth-order valence-electron chi connectivity index (χ4n) is 2.60. The van der Waals surface area contributed by atoms with Crippen LogP contribution in [0, 0.1) is 0 Å². The van der Waals surface area contributed by atoms with Crippen LogP contribution in [0.3, 0.4) is 0 Å². The number of benzene rings is 1. The molecule has 0 amide bonds. The number of rotatable bonds is 3. The van der Waals surface area contributed by atoms with Crippen LogP contribution in [0.5, 0.6) is 5.75 Å². The highest BCUT2D eigenvalue weighted by atomic mass is 16.3. The Hall–Kier alpha value is -1.02. The first-order valence-corrected chi connectivity index (χ1v) is 6.17. The first-order chi connectivity index (χ1) is 7.63. The van der Waals surface area contributed by atoms with Gasteiger partial charge < -0.3 is 5.11 Å². The molecule has 2 rings (SSSR count). The van der Waals surface area contributed by atoms with E-state index >= 15 is 0 Å². The summed E-state index contributed by atoms with van der Waals surface area (Å²) < 4.78 is 0. The molecule has 0 heterocycles. The van der Waals surface area contributed by atoms with E-state index in [0.717, 1.165) is 6.42 Å². The zero-order chi connectivity index (χ0) is 11.7. The Morgan fingerprint density at radius 3 is 2.94 bits per heavy atom. The van der Waals surface area contributed by atoms with Crippen LogP contribution >= 0.6 is 0 Å². The van der Waals surface area contributed by atoms with Gasteiger partial charge in [-0.15, -0.1) is 0 Å². The third-order valence-electron chi connectivity index (χ3n) is 3.95. The van der Waals surface area contributed by atoms with Crippen molar-refractivity contribution in [2.75, 3.05) is 7.05 Å². The Bertz CT molecular complexity index is 375. The number of aryl methyl sites for hydroxylation is 1. The smallest absolute Gasteiger partial charge is 0.115 e. The molecule has 2 unspecified atom stereocenters. The quantitative estimate of drug-likeness (QED) is 0.844. The third-order valence-corrected chi connectivity index (χ3v) is 3.95. The largest absolute Gasteiger partial charge is 0.508 e. The van der Waals surface area contributed by atoms with Gasteiger partial charge in [-0.3, -0.25) is 4.90 Å². The lowest BCUT2D eigenvalue weighted by Gasteiger charge is -2.30. The molecule has 0 radical (unpaired) electrons. The van der Waals surface area contributed by atoms with Crippen LogP contribution in [0.4, 0.5) is 0 Å². The Morgan fingerprint density at radius 1 is 1.50 bits per heavy atom. The molecule has 2 heteroatoms. The molecular formula is C14H21NO. The molecule has 1 N–H and O–H groups in total. The topological polar surface area (TPSA) is 23.5 Å². The van der Waals surface area contributed by atoms with Crippen LogP contribution in [0.1, 0.15) is 43.9 Å². The van der Waals surface area contributed by atoms with Crippen molar-refractivity contribution in [1.29, 1.82) is 0 Å². The van der Waals surface area contributed by atoms with E-state index < -0.39 is 0 Å². The first-order valence-electron chi connectivity index (χ1n) is 6.17. The lowest BCUT2D eigenvalue weighted by molar-refractivity contribution is 0.180. The standard InChI is InChI=1S/C14H21NO/c1-4-10(2)15(3)14-8-5-11-9-12(16)6-7-13(11)14/h6-7,9-10,14,16H,4-5,8H2,1-3H3. The summed E-state index contributed by atoms with van der Waals surface area (Å²) in [7, 11) is 2.21. The summed E-state index contributed by atoms with van der Waals surface area (Å²) >= 11 is 0. The van der Waals surface area contributed by atoms with Crippen LogP contribution in [-0.2, 0) is 6.42 Å². The highest BCUT2D eigenvalue weighted by Gasteiger charge is 2.27. The summed E-state index contributed by atoms with van der Waals surface area (Å²) in [5.41, 5.74) is 2.72. The minimum Gasteiger partial charge on any atom is -0.508 e. The molecule has 0 spiro atoms. The molecule has 2 nitrogen and oxygen atoms in total. The maximum atomic E-state index is 9.46. The van der Waals surface area contributed by atoms with E-state index in [1.54, 1.807) is 0 Å². The molecule has 1 aromatic rings. The molecule has 0 saturated carbocycles. The maximum absolute atomic E-state index is 9.46. The van der Waals surface area contributed by atoms with Gasteiger partial charge in [0.05, 0.1) is 0 Å². The van der Waals surface area contributed by atoms with Crippen molar-refractivity contribution >= 4 is 0 Å². The van der Waals surface area contributed by atoms with Crippen molar-refractivity contribution in [3.63, 3.8) is 0 Å². The van der Waals surface area contributed by atoms with E-state index in [-0.39, 0.29) is 0 Å². The van der Waals surface area contributed by atoms with E-state index in [1.807, 2.05) is 12.1 Å². The van der Waals surface area contributed by atoms with Gasteiger partial charge in [0.1, 0.15) is 5.75 Å². The molecule has 0 aliphatic heterocycles. The van der Waals surface area contributed by atoms with E-state index in [1.165, 1.54) is 24.0 Å². The Morgan fingerprint density at radius 2 is 2.25 bits per heavy atom. The summed E-state index contributed by atoms with van der Waals surface area (Å²) in [4.78, 5) is 2.46. The van der Waals surface area contributed by atoms with Gasteiger partial charge in [0.15, 0.2) is 0 Å². The van der Waals surface area contributed by atoms with Crippen molar-refractivity contribution in [3.8, 4) is 5.75 Å². The predicted octanol–water partition coefficient (Wildman–Crippen LogP) is 3.11. The Kier molecular flexibility index (Phi) is 3.20. The molecule has 1 aliphatic rings. The van der Waals surface area contributed by atoms with Crippen molar-refractivity contribution in [2.24, 2.45) is 0 Å². The fraction of sp³-hybridized carbons (Fsp3) is 0.571. The van der Waals surface area contributed by atoms with Crippen LogP contribution in [-0.4, -0.2) is 23.1 Å². The van der Waals surface area contributed by atoms with Gasteiger partial charge >= 0.3 is 0 Å². The molecular weight excluding hydrogens is 198 g/mol. The van der Waals surface area contributed by atoms with Gasteiger partial charge in [0.2, 0.25) is 0 Å². The molecule has 0 fully saturated rings. The second kappa shape index (κ2) is 4.46. The van der Waals surface area contributed by atoms with Gasteiger partial charge in [-0.1, -0.05) is 13.0 Å². The molecule has 0 saturated heterocycles. The summed E-state index contributed by atoms with van der Waals surface area (Å²) in [6.45, 7) is 4.51. The summed E-state index contributed by atoms with van der Waals surface area (Å²) in [6.07, 6.45) is 3.45. The molecule has 2 atom stereocenters. The third kappa shape index (κ3) is 1.94. The number of hydrogen-bond donors (Lipinski definition) is 1. The van der Waals surface area contributed by atoms with E-state index in [9.17, 15) is 5.11 Å². The number of aromatic hydroxyl groups is 1. The van der Waals surface area contributed by atoms with Gasteiger partial charge in [-0.05, 0) is 56.5 Å². The molecule has 1 aromatic carbocycles. The SMILES string of the molecule is CCC(C)N(C)C1CCc2cc(O)ccc21. The van der Waals surface area contributed by atoms with Crippen molar-refractivity contribution in [3.05, 3.63) is 29.3 Å². The average molecular weight is 219 g/mol. The minimum atomic E-state index is 0.394. The molecule has 0 bridgehead atoms. The van der Waals surface area contributed by atoms with Crippen molar-refractivity contribution in [1.82, 2.24) is 4.90 Å². The number of nitrogens with zero attached hydrogens (tertiary/aromatic N) is 1. The number of hydrogen-bond acceptors (Lipinski definition) is 2. The predicted molar refractivity (Wildman–Crippen MR) is 66.7 cm³/mol. The Balaban J connectivity index is 2.23. The van der Waals surface area contributed by atoms with Crippen molar-refractivity contribution in [2.45, 2.75) is 45.2 Å². The molecule has 88 valence electrons. The zero-order valence-corrected chi connectivity index (χ0v) is 10.4. The van der Waals surface area contributed by atoms with Crippen LogP contribution in [0.25, 0.3) is 0 Å². The van der Waals surface area contributed by atoms with Crippen LogP contribution in [0.2, 0.25) is 0 Å². The van der Waals surface area contributed by atoms with Crippen LogP contribution < -0.4 is 0 Å².